The summed E-state index contributed by atoms with van der Waals surface area (Å²) in [5.74, 6) is 2.06. The van der Waals surface area contributed by atoms with Crippen molar-refractivity contribution >= 4 is 0 Å². The van der Waals surface area contributed by atoms with Gasteiger partial charge in [0.2, 0.25) is 0 Å². The molecule has 0 aliphatic heterocycles. The third-order valence-corrected chi connectivity index (χ3v) is 3.73. The van der Waals surface area contributed by atoms with Gasteiger partial charge in [-0.15, -0.1) is 0 Å². The van der Waals surface area contributed by atoms with Crippen LogP contribution in [0.5, 0.6) is 0 Å². The molecule has 0 unspecified atom stereocenters. The monoisotopic (exact) mass is 182 g/mol. The highest BCUT2D eigenvalue weighted by Gasteiger charge is 2.12. The van der Waals surface area contributed by atoms with Crippen molar-refractivity contribution in [3.05, 3.63) is 0 Å². The van der Waals surface area contributed by atoms with Crippen LogP contribution >= 0.6 is 0 Å². The predicted octanol–water partition coefficient (Wildman–Crippen LogP) is 4.78. The Bertz CT molecular complexity index is 111. The maximum absolute atomic E-state index is 2.39. The van der Waals surface area contributed by atoms with Gasteiger partial charge >= 0.3 is 0 Å². The number of hydrogen-bond donors (Lipinski definition) is 0. The lowest BCUT2D eigenvalue weighted by Crippen LogP contribution is -2.06. The molecule has 1 rings (SSSR count). The lowest BCUT2D eigenvalue weighted by molar-refractivity contribution is 0.320. The molecular formula is C13H26. The van der Waals surface area contributed by atoms with Crippen molar-refractivity contribution in [2.45, 2.75) is 71.6 Å². The van der Waals surface area contributed by atoms with E-state index in [0.717, 1.165) is 11.8 Å². The topological polar surface area (TPSA) is 0 Å². The van der Waals surface area contributed by atoms with E-state index in [1.807, 2.05) is 0 Å². The molecule has 0 saturated heterocycles. The van der Waals surface area contributed by atoms with Crippen LogP contribution in [0, 0.1) is 11.8 Å². The van der Waals surface area contributed by atoms with Crippen molar-refractivity contribution in [2.24, 2.45) is 11.8 Å². The van der Waals surface area contributed by atoms with Crippen molar-refractivity contribution in [1.82, 2.24) is 0 Å². The molecule has 0 nitrogen and oxygen atoms in total. The normalized spacial score (nSPS) is 21.7. The molecule has 0 heteroatoms. The first kappa shape index (κ1) is 11.1. The van der Waals surface area contributed by atoms with Gasteiger partial charge in [0.25, 0.3) is 0 Å². The summed E-state index contributed by atoms with van der Waals surface area (Å²) < 4.78 is 0. The van der Waals surface area contributed by atoms with E-state index in [4.69, 9.17) is 0 Å². The Hall–Kier alpha value is 0. The average molecular weight is 182 g/mol. The molecule has 0 aromatic carbocycles. The molecule has 0 spiro atoms. The first-order chi connectivity index (χ1) is 6.33. The van der Waals surface area contributed by atoms with Gasteiger partial charge < -0.3 is 0 Å². The minimum absolute atomic E-state index is 0.962. The first-order valence-electron chi connectivity index (χ1n) is 6.33. The van der Waals surface area contributed by atoms with Crippen LogP contribution in [0.25, 0.3) is 0 Å². The zero-order valence-electron chi connectivity index (χ0n) is 9.52. The maximum atomic E-state index is 2.39. The summed E-state index contributed by atoms with van der Waals surface area (Å²) in [6, 6.07) is 0. The number of hydrogen-bond acceptors (Lipinski definition) is 0. The van der Waals surface area contributed by atoms with Gasteiger partial charge in [-0.1, -0.05) is 71.6 Å². The zero-order valence-corrected chi connectivity index (χ0v) is 9.52. The Morgan fingerprint density at radius 2 is 1.85 bits per heavy atom. The Balaban J connectivity index is 1.98. The summed E-state index contributed by atoms with van der Waals surface area (Å²) in [6.45, 7) is 4.70. The van der Waals surface area contributed by atoms with Crippen LogP contribution in [0.15, 0.2) is 0 Å². The van der Waals surface area contributed by atoms with E-state index >= 15 is 0 Å². The lowest BCUT2D eigenvalue weighted by atomic mass is 9.85. The van der Waals surface area contributed by atoms with Gasteiger partial charge in [0.15, 0.2) is 0 Å². The second-order valence-electron chi connectivity index (χ2n) is 4.95. The van der Waals surface area contributed by atoms with E-state index in [1.165, 1.54) is 57.8 Å². The third-order valence-electron chi connectivity index (χ3n) is 3.73. The Labute approximate surface area is 84.1 Å². The van der Waals surface area contributed by atoms with Crippen LogP contribution in [0.2, 0.25) is 0 Å². The Kier molecular flexibility index (Phi) is 5.50. The second kappa shape index (κ2) is 6.45. The molecule has 1 fully saturated rings. The van der Waals surface area contributed by atoms with Gasteiger partial charge in [-0.25, -0.2) is 0 Å². The van der Waals surface area contributed by atoms with Gasteiger partial charge in [-0.3, -0.25) is 0 Å². The highest BCUT2D eigenvalue weighted by molar-refractivity contribution is 4.66. The molecule has 0 N–H and O–H groups in total. The van der Waals surface area contributed by atoms with Crippen molar-refractivity contribution in [2.75, 3.05) is 0 Å². The van der Waals surface area contributed by atoms with E-state index in [0.29, 0.717) is 0 Å². The summed E-state index contributed by atoms with van der Waals surface area (Å²) in [6.07, 6.45) is 13.4. The largest absolute Gasteiger partial charge is 0.0651 e. The van der Waals surface area contributed by atoms with Crippen LogP contribution in [-0.2, 0) is 0 Å². The van der Waals surface area contributed by atoms with Gasteiger partial charge in [0.05, 0.1) is 0 Å². The standard InChI is InChI=1S/C13H26/c1-3-12(2)8-7-11-13-9-5-4-6-10-13/h12-13H,3-11H2,1-2H3/t12-/m0/s1. The molecule has 0 aromatic rings. The smallest absolute Gasteiger partial charge is 0.0414 e. The van der Waals surface area contributed by atoms with Crippen molar-refractivity contribution in [3.8, 4) is 0 Å². The van der Waals surface area contributed by atoms with Crippen LogP contribution in [0.3, 0.4) is 0 Å². The minimum atomic E-state index is 0.962. The van der Waals surface area contributed by atoms with Gasteiger partial charge in [-0.2, -0.15) is 0 Å². The SMILES string of the molecule is CC[C@H](C)CCCC1CCCCC1. The van der Waals surface area contributed by atoms with Crippen LogP contribution in [0.4, 0.5) is 0 Å². The molecule has 0 heterocycles. The summed E-state index contributed by atoms with van der Waals surface area (Å²) in [5.41, 5.74) is 0. The highest BCUT2D eigenvalue weighted by Crippen LogP contribution is 2.28. The fraction of sp³-hybridized carbons (Fsp3) is 1.00. The molecule has 1 aliphatic rings. The van der Waals surface area contributed by atoms with E-state index in [1.54, 1.807) is 0 Å². The van der Waals surface area contributed by atoms with E-state index in [-0.39, 0.29) is 0 Å². The maximum Gasteiger partial charge on any atom is -0.0414 e. The van der Waals surface area contributed by atoms with E-state index < -0.39 is 0 Å². The van der Waals surface area contributed by atoms with Crippen molar-refractivity contribution in [1.29, 1.82) is 0 Å². The fourth-order valence-corrected chi connectivity index (χ4v) is 2.43. The molecule has 0 amide bonds. The first-order valence-corrected chi connectivity index (χ1v) is 6.33. The molecule has 0 radical (unpaired) electrons. The Morgan fingerprint density at radius 3 is 2.46 bits per heavy atom. The minimum Gasteiger partial charge on any atom is -0.0651 e. The quantitative estimate of drug-likeness (QED) is 0.574. The predicted molar refractivity (Wildman–Crippen MR) is 59.9 cm³/mol. The van der Waals surface area contributed by atoms with Gasteiger partial charge in [0.1, 0.15) is 0 Å². The molecule has 78 valence electrons. The lowest BCUT2D eigenvalue weighted by Gasteiger charge is -2.21. The second-order valence-corrected chi connectivity index (χ2v) is 4.95. The fourth-order valence-electron chi connectivity index (χ4n) is 2.43. The van der Waals surface area contributed by atoms with Crippen LogP contribution < -0.4 is 0 Å². The van der Waals surface area contributed by atoms with Gasteiger partial charge in [-0.05, 0) is 11.8 Å². The molecular weight excluding hydrogens is 156 g/mol. The molecule has 1 aliphatic carbocycles. The summed E-state index contributed by atoms with van der Waals surface area (Å²) in [4.78, 5) is 0. The highest BCUT2D eigenvalue weighted by atomic mass is 14.2. The Morgan fingerprint density at radius 1 is 1.15 bits per heavy atom. The summed E-state index contributed by atoms with van der Waals surface area (Å²) >= 11 is 0. The number of rotatable bonds is 5. The average Bonchev–Trinajstić information content (AvgIpc) is 2.19. The molecule has 13 heavy (non-hydrogen) atoms. The van der Waals surface area contributed by atoms with Gasteiger partial charge in [0, 0.05) is 0 Å². The van der Waals surface area contributed by atoms with Crippen LogP contribution in [-0.4, -0.2) is 0 Å². The van der Waals surface area contributed by atoms with E-state index in [2.05, 4.69) is 13.8 Å². The van der Waals surface area contributed by atoms with Crippen molar-refractivity contribution in [3.63, 3.8) is 0 Å². The zero-order chi connectivity index (χ0) is 9.52. The molecule has 0 bridgehead atoms. The molecule has 1 saturated carbocycles. The third kappa shape index (κ3) is 4.69. The molecule has 0 aromatic heterocycles. The molecule has 1 atom stereocenters. The van der Waals surface area contributed by atoms with E-state index in [9.17, 15) is 0 Å². The van der Waals surface area contributed by atoms with Crippen LogP contribution in [0.1, 0.15) is 71.6 Å². The summed E-state index contributed by atoms with van der Waals surface area (Å²) in [7, 11) is 0. The van der Waals surface area contributed by atoms with Crippen molar-refractivity contribution < 1.29 is 0 Å². The summed E-state index contributed by atoms with van der Waals surface area (Å²) in [5, 5.41) is 0.